The molecule has 0 radical (unpaired) electrons. The lowest BCUT2D eigenvalue weighted by atomic mass is 10.2. The maximum Gasteiger partial charge on any atom is 0.121 e. The van der Waals surface area contributed by atoms with Gasteiger partial charge in [0, 0.05) is 16.9 Å². The summed E-state index contributed by atoms with van der Waals surface area (Å²) in [6.45, 7) is 4.51. The molecule has 0 saturated heterocycles. The van der Waals surface area contributed by atoms with Crippen LogP contribution < -0.4 is 4.74 Å². The van der Waals surface area contributed by atoms with Crippen LogP contribution in [0, 0.1) is 0 Å². The van der Waals surface area contributed by atoms with Gasteiger partial charge in [-0.3, -0.25) is 0 Å². The number of rotatable bonds is 5. The van der Waals surface area contributed by atoms with Crippen LogP contribution in [0.1, 0.15) is 13.8 Å². The molecule has 1 N–H and O–H groups in total. The minimum absolute atomic E-state index is 0.542. The van der Waals surface area contributed by atoms with Gasteiger partial charge in [0.15, 0.2) is 0 Å². The first-order valence-corrected chi connectivity index (χ1v) is 5.89. The molecule has 1 rings (SSSR count). The van der Waals surface area contributed by atoms with E-state index in [-0.39, 0.29) is 0 Å². The van der Waals surface area contributed by atoms with E-state index in [2.05, 4.69) is 0 Å². The third-order valence-corrected chi connectivity index (χ3v) is 2.53. The van der Waals surface area contributed by atoms with Crippen molar-refractivity contribution in [1.82, 2.24) is 0 Å². The fourth-order valence-electron chi connectivity index (χ4n) is 1.23. The molecule has 3 heteroatoms. The van der Waals surface area contributed by atoms with E-state index in [0.29, 0.717) is 6.61 Å². The topological polar surface area (TPSA) is 29.5 Å². The third-order valence-electron chi connectivity index (χ3n) is 2.07. The molecule has 0 aliphatic heterocycles. The van der Waals surface area contributed by atoms with Crippen molar-refractivity contribution in [1.29, 1.82) is 0 Å². The monoisotopic (exact) mass is 236 g/mol. The Morgan fingerprint density at radius 3 is 2.88 bits per heavy atom. The van der Waals surface area contributed by atoms with Gasteiger partial charge in [-0.25, -0.2) is 0 Å². The predicted molar refractivity (Wildman–Crippen MR) is 69.0 cm³/mol. The summed E-state index contributed by atoms with van der Waals surface area (Å²) in [4.78, 5) is 0.783. The molecule has 0 bridgehead atoms. The minimum Gasteiger partial charge on any atom is -0.489 e. The van der Waals surface area contributed by atoms with Gasteiger partial charge >= 0.3 is 0 Å². The minimum atomic E-state index is 0.542. The predicted octanol–water partition coefficient (Wildman–Crippen LogP) is 4.15. The van der Waals surface area contributed by atoms with Gasteiger partial charge in [0.25, 0.3) is 0 Å². The second-order valence-electron chi connectivity index (χ2n) is 3.22. The van der Waals surface area contributed by atoms with E-state index < -0.39 is 0 Å². The average Bonchev–Trinajstić information content (AvgIpc) is 2.34. The van der Waals surface area contributed by atoms with Gasteiger partial charge in [-0.2, -0.15) is 0 Å². The fourth-order valence-corrected chi connectivity index (χ4v) is 1.54. The van der Waals surface area contributed by atoms with Crippen LogP contribution in [0.3, 0.4) is 0 Å². The highest BCUT2D eigenvalue weighted by Gasteiger charge is 1.97. The molecule has 0 saturated carbocycles. The first-order valence-electron chi connectivity index (χ1n) is 5.12. The normalized spacial score (nSPS) is 12.1. The zero-order chi connectivity index (χ0) is 11.8. The van der Waals surface area contributed by atoms with Crippen molar-refractivity contribution in [3.63, 3.8) is 0 Å². The van der Waals surface area contributed by atoms with Crippen molar-refractivity contribution < 1.29 is 9.29 Å². The Labute approximate surface area is 101 Å². The molecule has 2 nitrogen and oxygen atoms in total. The Bertz CT molecular complexity index is 383. The molecule has 1 aromatic rings. The highest BCUT2D eigenvalue weighted by atomic mass is 32.2. The van der Waals surface area contributed by atoms with Crippen molar-refractivity contribution in [3.8, 4) is 5.75 Å². The van der Waals surface area contributed by atoms with Gasteiger partial charge in [0.1, 0.15) is 12.4 Å². The Balaban J connectivity index is 2.60. The van der Waals surface area contributed by atoms with Crippen LogP contribution in [-0.2, 0) is 0 Å². The molecule has 86 valence electrons. The number of hydrogen-bond acceptors (Lipinski definition) is 3. The van der Waals surface area contributed by atoms with Gasteiger partial charge in [-0.05, 0) is 37.6 Å². The summed E-state index contributed by atoms with van der Waals surface area (Å²) in [5.74, 6) is 0.767. The summed E-state index contributed by atoms with van der Waals surface area (Å²) < 4.78 is 14.5. The van der Waals surface area contributed by atoms with E-state index in [9.17, 15) is 0 Å². The molecule has 0 aromatic heterocycles. The van der Waals surface area contributed by atoms with Crippen molar-refractivity contribution in [2.75, 3.05) is 6.61 Å². The number of benzene rings is 1. The maximum absolute atomic E-state index is 8.91. The van der Waals surface area contributed by atoms with E-state index in [4.69, 9.17) is 9.29 Å². The van der Waals surface area contributed by atoms with Gasteiger partial charge in [-0.1, -0.05) is 24.3 Å². The van der Waals surface area contributed by atoms with Crippen LogP contribution in [0.2, 0.25) is 0 Å². The highest BCUT2D eigenvalue weighted by molar-refractivity contribution is 7.93. The van der Waals surface area contributed by atoms with E-state index >= 15 is 0 Å². The van der Waals surface area contributed by atoms with E-state index in [1.165, 1.54) is 0 Å². The summed E-state index contributed by atoms with van der Waals surface area (Å²) in [7, 11) is 0. The zero-order valence-corrected chi connectivity index (χ0v) is 10.3. The Kier molecular flexibility index (Phi) is 5.75. The third kappa shape index (κ3) is 4.13. The highest BCUT2D eigenvalue weighted by Crippen LogP contribution is 2.20. The lowest BCUT2D eigenvalue weighted by molar-refractivity contribution is 0.354. The van der Waals surface area contributed by atoms with Crippen molar-refractivity contribution in [3.05, 3.63) is 48.1 Å². The van der Waals surface area contributed by atoms with Crippen molar-refractivity contribution in [2.45, 2.75) is 18.7 Å². The van der Waals surface area contributed by atoms with Crippen LogP contribution in [0.4, 0.5) is 0 Å². The Morgan fingerprint density at radius 2 is 2.25 bits per heavy atom. The molecule has 0 amide bonds. The van der Waals surface area contributed by atoms with Crippen molar-refractivity contribution in [2.24, 2.45) is 0 Å². The molecule has 0 unspecified atom stereocenters. The average molecular weight is 236 g/mol. The summed E-state index contributed by atoms with van der Waals surface area (Å²) in [6.07, 6.45) is 6.02. The zero-order valence-electron chi connectivity index (χ0n) is 9.51. The summed E-state index contributed by atoms with van der Waals surface area (Å²) >= 11 is 0.725. The van der Waals surface area contributed by atoms with E-state index in [1.54, 1.807) is 0 Å². The van der Waals surface area contributed by atoms with Crippen LogP contribution in [0.25, 0.3) is 0 Å². The first-order chi connectivity index (χ1) is 7.80. The molecule has 16 heavy (non-hydrogen) atoms. The van der Waals surface area contributed by atoms with Gasteiger partial charge in [-0.15, -0.1) is 0 Å². The molecule has 1 aromatic carbocycles. The lowest BCUT2D eigenvalue weighted by Gasteiger charge is -2.07. The smallest absolute Gasteiger partial charge is 0.121 e. The van der Waals surface area contributed by atoms with Crippen molar-refractivity contribution >= 4 is 12.0 Å². The number of hydrogen-bond donors (Lipinski definition) is 1. The molecule has 0 spiro atoms. The molecule has 0 atom stereocenters. The van der Waals surface area contributed by atoms with E-state index in [1.807, 2.05) is 56.3 Å². The van der Waals surface area contributed by atoms with Crippen LogP contribution >= 0.6 is 12.0 Å². The van der Waals surface area contributed by atoms with Crippen LogP contribution in [0.5, 0.6) is 5.75 Å². The molecular formula is C13H16O2S. The number of ether oxygens (including phenoxy) is 1. The standard InChI is InChI=1S/C13H16O2S/c1-3-6-11(4-2)10-15-12-7-5-8-13(9-12)16-14/h3-9,14H,10H2,1-2H3/b6-3-,11-4+. The Morgan fingerprint density at radius 1 is 1.44 bits per heavy atom. The maximum atomic E-state index is 8.91. The summed E-state index contributed by atoms with van der Waals surface area (Å²) in [6, 6.07) is 7.38. The van der Waals surface area contributed by atoms with Gasteiger partial charge in [0.05, 0.1) is 0 Å². The fraction of sp³-hybridized carbons (Fsp3) is 0.231. The van der Waals surface area contributed by atoms with Crippen LogP contribution in [0.15, 0.2) is 53.0 Å². The second kappa shape index (κ2) is 7.14. The largest absolute Gasteiger partial charge is 0.489 e. The summed E-state index contributed by atoms with van der Waals surface area (Å²) in [5.41, 5.74) is 1.13. The van der Waals surface area contributed by atoms with E-state index in [0.717, 1.165) is 28.3 Å². The second-order valence-corrected chi connectivity index (χ2v) is 3.87. The van der Waals surface area contributed by atoms with Gasteiger partial charge in [0.2, 0.25) is 0 Å². The quantitative estimate of drug-likeness (QED) is 0.615. The molecule has 0 heterocycles. The number of allylic oxidation sites excluding steroid dienone is 2. The first kappa shape index (κ1) is 12.9. The molecule has 0 aliphatic carbocycles. The van der Waals surface area contributed by atoms with Gasteiger partial charge < -0.3 is 9.29 Å². The van der Waals surface area contributed by atoms with Crippen LogP contribution in [-0.4, -0.2) is 11.2 Å². The summed E-state index contributed by atoms with van der Waals surface area (Å²) in [5, 5.41) is 0. The SMILES string of the molecule is C/C=C\C(=C/C)COc1cccc(SO)c1. The Hall–Kier alpha value is -1.19. The molecule has 0 aliphatic rings. The molecular weight excluding hydrogens is 220 g/mol. The lowest BCUT2D eigenvalue weighted by Crippen LogP contribution is -1.99. The molecule has 0 fully saturated rings.